The number of amides is 2. The monoisotopic (exact) mass is 211 g/mol. The molecule has 1 aliphatic heterocycles. The van der Waals surface area contributed by atoms with E-state index < -0.39 is 11.7 Å². The van der Waals surface area contributed by atoms with Gasteiger partial charge in [0, 0.05) is 6.54 Å². The van der Waals surface area contributed by atoms with Gasteiger partial charge in [-0.15, -0.1) is 0 Å². The van der Waals surface area contributed by atoms with E-state index >= 15 is 0 Å². The Hall–Kier alpha value is -1.06. The Morgan fingerprint density at radius 1 is 1.40 bits per heavy atom. The molecule has 2 fully saturated rings. The minimum Gasteiger partial charge on any atom is -0.443 e. The van der Waals surface area contributed by atoms with Crippen LogP contribution in [0, 0.1) is 5.41 Å². The number of ether oxygens (including phenoxy) is 1. The van der Waals surface area contributed by atoms with Gasteiger partial charge in [0.1, 0.15) is 5.60 Å². The molecule has 0 aromatic heterocycles. The van der Waals surface area contributed by atoms with Crippen LogP contribution in [0.5, 0.6) is 0 Å². The maximum Gasteiger partial charge on any atom is 0.417 e. The molecule has 0 radical (unpaired) electrons. The Bertz CT molecular complexity index is 312. The lowest BCUT2D eigenvalue weighted by atomic mass is 9.63. The van der Waals surface area contributed by atoms with Crippen molar-refractivity contribution in [1.82, 2.24) is 4.90 Å². The third-order valence-corrected chi connectivity index (χ3v) is 3.08. The first-order valence-electron chi connectivity index (χ1n) is 5.39. The van der Waals surface area contributed by atoms with E-state index in [0.717, 1.165) is 19.3 Å². The number of imide groups is 1. The number of likely N-dealkylation sites (tertiary alicyclic amines) is 1. The topological polar surface area (TPSA) is 46.6 Å². The summed E-state index contributed by atoms with van der Waals surface area (Å²) in [5.41, 5.74) is -0.712. The Balaban J connectivity index is 1.92. The van der Waals surface area contributed by atoms with Gasteiger partial charge >= 0.3 is 6.09 Å². The summed E-state index contributed by atoms with van der Waals surface area (Å²) in [5, 5.41) is 0. The van der Waals surface area contributed by atoms with Crippen LogP contribution in [0.3, 0.4) is 0 Å². The molecule has 2 amide bonds. The highest BCUT2D eigenvalue weighted by molar-refractivity contribution is 6.01. The van der Waals surface area contributed by atoms with E-state index in [-0.39, 0.29) is 11.3 Å². The summed E-state index contributed by atoms with van der Waals surface area (Å²) in [6.45, 7) is 5.96. The second-order valence-electron chi connectivity index (χ2n) is 5.51. The van der Waals surface area contributed by atoms with Crippen molar-refractivity contribution in [2.45, 2.75) is 45.6 Å². The van der Waals surface area contributed by atoms with Crippen LogP contribution in [0.15, 0.2) is 0 Å². The predicted molar refractivity (Wildman–Crippen MR) is 54.2 cm³/mol. The van der Waals surface area contributed by atoms with Gasteiger partial charge < -0.3 is 4.74 Å². The summed E-state index contributed by atoms with van der Waals surface area (Å²) in [6, 6.07) is 0. The Morgan fingerprint density at radius 2 is 2.00 bits per heavy atom. The van der Waals surface area contributed by atoms with Crippen LogP contribution in [0.2, 0.25) is 0 Å². The zero-order chi connectivity index (χ0) is 11.3. The Labute approximate surface area is 89.6 Å². The fourth-order valence-electron chi connectivity index (χ4n) is 2.08. The lowest BCUT2D eigenvalue weighted by Crippen LogP contribution is -2.66. The van der Waals surface area contributed by atoms with Gasteiger partial charge in [-0.25, -0.2) is 9.69 Å². The molecule has 4 nitrogen and oxygen atoms in total. The van der Waals surface area contributed by atoms with Crippen molar-refractivity contribution >= 4 is 12.0 Å². The molecule has 0 N–H and O–H groups in total. The average Bonchev–Trinajstić information content (AvgIpc) is 1.95. The lowest BCUT2D eigenvalue weighted by molar-refractivity contribution is -0.166. The summed E-state index contributed by atoms with van der Waals surface area (Å²) >= 11 is 0. The predicted octanol–water partition coefficient (Wildman–Crippen LogP) is 1.93. The summed E-state index contributed by atoms with van der Waals surface area (Å²) in [7, 11) is 0. The molecular weight excluding hydrogens is 194 g/mol. The van der Waals surface area contributed by atoms with Crippen LogP contribution < -0.4 is 0 Å². The fraction of sp³-hybridized carbons (Fsp3) is 0.818. The maximum atomic E-state index is 11.7. The van der Waals surface area contributed by atoms with E-state index in [0.29, 0.717) is 6.54 Å². The van der Waals surface area contributed by atoms with Crippen molar-refractivity contribution in [2.75, 3.05) is 6.54 Å². The molecule has 2 rings (SSSR count). The van der Waals surface area contributed by atoms with Crippen LogP contribution in [-0.4, -0.2) is 29.0 Å². The lowest BCUT2D eigenvalue weighted by Gasteiger charge is -2.52. The van der Waals surface area contributed by atoms with E-state index in [1.165, 1.54) is 4.90 Å². The van der Waals surface area contributed by atoms with Crippen molar-refractivity contribution in [3.05, 3.63) is 0 Å². The second kappa shape index (κ2) is 2.97. The summed E-state index contributed by atoms with van der Waals surface area (Å²) in [6.07, 6.45) is 2.48. The zero-order valence-corrected chi connectivity index (χ0v) is 9.50. The first-order valence-corrected chi connectivity index (χ1v) is 5.39. The molecule has 1 saturated heterocycles. The second-order valence-corrected chi connectivity index (χ2v) is 5.51. The molecule has 0 aromatic rings. The quantitative estimate of drug-likeness (QED) is 0.575. The zero-order valence-electron chi connectivity index (χ0n) is 9.50. The van der Waals surface area contributed by atoms with E-state index in [1.54, 1.807) is 20.8 Å². The average molecular weight is 211 g/mol. The van der Waals surface area contributed by atoms with E-state index in [1.807, 2.05) is 0 Å². The number of rotatable bonds is 0. The van der Waals surface area contributed by atoms with Crippen molar-refractivity contribution in [3.63, 3.8) is 0 Å². The molecule has 1 heterocycles. The Kier molecular flexibility index (Phi) is 2.07. The minimum absolute atomic E-state index is 0.0389. The van der Waals surface area contributed by atoms with Crippen molar-refractivity contribution in [2.24, 2.45) is 5.41 Å². The largest absolute Gasteiger partial charge is 0.443 e. The normalized spacial score (nSPS) is 23.4. The highest BCUT2D eigenvalue weighted by atomic mass is 16.6. The van der Waals surface area contributed by atoms with Crippen LogP contribution in [0.1, 0.15) is 40.0 Å². The van der Waals surface area contributed by atoms with Gasteiger partial charge in [-0.2, -0.15) is 0 Å². The highest BCUT2D eigenvalue weighted by Crippen LogP contribution is 2.49. The third kappa shape index (κ3) is 1.62. The standard InChI is InChI=1S/C11H17NO3/c1-10(2,3)15-9(14)12-7-11(8(12)13)5-4-6-11/h4-7H2,1-3H3. The van der Waals surface area contributed by atoms with Gasteiger partial charge in [0.2, 0.25) is 5.91 Å². The smallest absolute Gasteiger partial charge is 0.417 e. The highest BCUT2D eigenvalue weighted by Gasteiger charge is 2.58. The number of carbonyl (C=O) groups excluding carboxylic acids is 2. The first kappa shape index (κ1) is 10.5. The van der Waals surface area contributed by atoms with Gasteiger partial charge in [0.05, 0.1) is 5.41 Å². The molecule has 0 bridgehead atoms. The third-order valence-electron chi connectivity index (χ3n) is 3.08. The number of hydrogen-bond acceptors (Lipinski definition) is 3. The summed E-state index contributed by atoms with van der Waals surface area (Å²) in [5.74, 6) is -0.0389. The van der Waals surface area contributed by atoms with Crippen LogP contribution in [-0.2, 0) is 9.53 Å². The van der Waals surface area contributed by atoms with E-state index in [4.69, 9.17) is 4.74 Å². The molecule has 1 saturated carbocycles. The maximum absolute atomic E-state index is 11.7. The molecule has 2 aliphatic rings. The minimum atomic E-state index is -0.528. The van der Waals surface area contributed by atoms with Crippen molar-refractivity contribution in [3.8, 4) is 0 Å². The van der Waals surface area contributed by atoms with Gasteiger partial charge in [-0.05, 0) is 33.6 Å². The van der Waals surface area contributed by atoms with E-state index in [9.17, 15) is 9.59 Å². The molecule has 15 heavy (non-hydrogen) atoms. The molecule has 0 unspecified atom stereocenters. The molecule has 0 atom stereocenters. The molecule has 0 aromatic carbocycles. The number of β-lactam (4-membered cyclic amide) rings is 1. The SMILES string of the molecule is CC(C)(C)OC(=O)N1CC2(CCC2)C1=O. The van der Waals surface area contributed by atoms with Gasteiger partial charge in [0.25, 0.3) is 0 Å². The number of nitrogens with zero attached hydrogens (tertiary/aromatic N) is 1. The molecule has 4 heteroatoms. The van der Waals surface area contributed by atoms with Gasteiger partial charge in [0.15, 0.2) is 0 Å². The summed E-state index contributed by atoms with van der Waals surface area (Å²) in [4.78, 5) is 24.5. The fourth-order valence-corrected chi connectivity index (χ4v) is 2.08. The molecule has 84 valence electrons. The van der Waals surface area contributed by atoms with Gasteiger partial charge in [-0.3, -0.25) is 4.79 Å². The number of carbonyl (C=O) groups is 2. The summed E-state index contributed by atoms with van der Waals surface area (Å²) < 4.78 is 5.14. The first-order chi connectivity index (χ1) is 6.84. The molecular formula is C11H17NO3. The van der Waals surface area contributed by atoms with Crippen molar-refractivity contribution in [1.29, 1.82) is 0 Å². The van der Waals surface area contributed by atoms with Gasteiger partial charge in [-0.1, -0.05) is 6.42 Å². The number of hydrogen-bond donors (Lipinski definition) is 0. The molecule has 1 spiro atoms. The molecule has 1 aliphatic carbocycles. The van der Waals surface area contributed by atoms with Crippen LogP contribution in [0.4, 0.5) is 4.79 Å². The Morgan fingerprint density at radius 3 is 2.33 bits per heavy atom. The van der Waals surface area contributed by atoms with Crippen LogP contribution >= 0.6 is 0 Å². The van der Waals surface area contributed by atoms with E-state index in [2.05, 4.69) is 0 Å². The van der Waals surface area contributed by atoms with Crippen LogP contribution in [0.25, 0.3) is 0 Å². The van der Waals surface area contributed by atoms with Crippen molar-refractivity contribution < 1.29 is 14.3 Å².